The monoisotopic (exact) mass is 233 g/mol. The summed E-state index contributed by atoms with van der Waals surface area (Å²) in [6.07, 6.45) is -3.61. The number of rotatable bonds is 4. The molecule has 0 atom stereocenters. The van der Waals surface area contributed by atoms with Crippen LogP contribution in [0.1, 0.15) is 24.5 Å². The molecule has 5 heteroatoms. The van der Waals surface area contributed by atoms with Crippen LogP contribution in [-0.2, 0) is 17.5 Å². The molecule has 0 spiro atoms. The van der Waals surface area contributed by atoms with Crippen molar-refractivity contribution >= 4 is 5.69 Å². The smallest absolute Gasteiger partial charge is 0.399 e. The van der Waals surface area contributed by atoms with E-state index in [-0.39, 0.29) is 17.9 Å². The Morgan fingerprint density at radius 1 is 1.31 bits per heavy atom. The highest BCUT2D eigenvalue weighted by atomic mass is 19.4. The van der Waals surface area contributed by atoms with Crippen LogP contribution in [0.25, 0.3) is 0 Å². The van der Waals surface area contributed by atoms with Crippen molar-refractivity contribution in [2.24, 2.45) is 0 Å². The lowest BCUT2D eigenvalue weighted by Gasteiger charge is -2.13. The van der Waals surface area contributed by atoms with E-state index in [1.54, 1.807) is 0 Å². The molecule has 0 aliphatic carbocycles. The Balaban J connectivity index is 2.90. The summed E-state index contributed by atoms with van der Waals surface area (Å²) < 4.78 is 43.0. The van der Waals surface area contributed by atoms with Gasteiger partial charge in [0, 0.05) is 12.3 Å². The van der Waals surface area contributed by atoms with E-state index in [0.29, 0.717) is 6.61 Å². The zero-order chi connectivity index (χ0) is 12.2. The molecule has 90 valence electrons. The molecule has 0 saturated heterocycles. The largest absolute Gasteiger partial charge is 0.416 e. The van der Waals surface area contributed by atoms with Crippen molar-refractivity contribution in [1.29, 1.82) is 0 Å². The molecule has 0 aliphatic rings. The lowest BCUT2D eigenvalue weighted by molar-refractivity contribution is -0.138. The van der Waals surface area contributed by atoms with Crippen molar-refractivity contribution in [2.75, 3.05) is 12.3 Å². The zero-order valence-electron chi connectivity index (χ0n) is 8.97. The first kappa shape index (κ1) is 12.8. The second-order valence-corrected chi connectivity index (χ2v) is 3.47. The van der Waals surface area contributed by atoms with Crippen LogP contribution in [0.15, 0.2) is 18.2 Å². The first-order valence-corrected chi connectivity index (χ1v) is 4.98. The van der Waals surface area contributed by atoms with Gasteiger partial charge in [0.05, 0.1) is 12.2 Å². The number of anilines is 1. The summed E-state index contributed by atoms with van der Waals surface area (Å²) in [4.78, 5) is 0. The van der Waals surface area contributed by atoms with Gasteiger partial charge in [-0.15, -0.1) is 0 Å². The van der Waals surface area contributed by atoms with Gasteiger partial charge in [0.2, 0.25) is 0 Å². The van der Waals surface area contributed by atoms with E-state index in [4.69, 9.17) is 10.5 Å². The third-order valence-electron chi connectivity index (χ3n) is 2.05. The predicted molar refractivity (Wildman–Crippen MR) is 55.8 cm³/mol. The maximum absolute atomic E-state index is 12.6. The Bertz CT molecular complexity index is 350. The minimum absolute atomic E-state index is 0.0387. The minimum Gasteiger partial charge on any atom is -0.399 e. The molecule has 1 rings (SSSR count). The van der Waals surface area contributed by atoms with Crippen molar-refractivity contribution in [1.82, 2.24) is 0 Å². The molecule has 1 aromatic rings. The maximum Gasteiger partial charge on any atom is 0.416 e. The van der Waals surface area contributed by atoms with E-state index in [1.807, 2.05) is 6.92 Å². The molecule has 0 saturated carbocycles. The minimum atomic E-state index is -4.39. The first-order chi connectivity index (χ1) is 7.45. The molecule has 0 fully saturated rings. The summed E-state index contributed by atoms with van der Waals surface area (Å²) in [5.41, 5.74) is 4.84. The number of alkyl halides is 3. The lowest BCUT2D eigenvalue weighted by atomic mass is 10.1. The van der Waals surface area contributed by atoms with Gasteiger partial charge in [-0.3, -0.25) is 0 Å². The number of benzene rings is 1. The van der Waals surface area contributed by atoms with E-state index in [9.17, 15) is 13.2 Å². The van der Waals surface area contributed by atoms with Crippen LogP contribution in [0.4, 0.5) is 18.9 Å². The van der Waals surface area contributed by atoms with Crippen molar-refractivity contribution < 1.29 is 17.9 Å². The van der Waals surface area contributed by atoms with Crippen LogP contribution in [0, 0.1) is 0 Å². The fourth-order valence-corrected chi connectivity index (χ4v) is 1.31. The number of nitrogen functional groups attached to an aromatic ring is 1. The van der Waals surface area contributed by atoms with Crippen molar-refractivity contribution in [3.05, 3.63) is 29.3 Å². The Hall–Kier alpha value is -1.23. The van der Waals surface area contributed by atoms with Gasteiger partial charge in [0.15, 0.2) is 0 Å². The molecule has 2 N–H and O–H groups in total. The highest BCUT2D eigenvalue weighted by Gasteiger charge is 2.33. The van der Waals surface area contributed by atoms with Gasteiger partial charge >= 0.3 is 6.18 Å². The van der Waals surface area contributed by atoms with Crippen LogP contribution in [0.5, 0.6) is 0 Å². The summed E-state index contributed by atoms with van der Waals surface area (Å²) in [6.45, 7) is 2.30. The Labute approximate surface area is 92.2 Å². The third-order valence-corrected chi connectivity index (χ3v) is 2.05. The highest BCUT2D eigenvalue weighted by molar-refractivity contribution is 5.45. The number of halogens is 3. The normalized spacial score (nSPS) is 11.8. The molecule has 2 nitrogen and oxygen atoms in total. The molecular formula is C11H14F3NO. The van der Waals surface area contributed by atoms with Gasteiger partial charge in [0.1, 0.15) is 0 Å². The second kappa shape index (κ2) is 5.21. The van der Waals surface area contributed by atoms with E-state index in [0.717, 1.165) is 12.5 Å². The van der Waals surface area contributed by atoms with Crippen LogP contribution in [0.3, 0.4) is 0 Å². The summed E-state index contributed by atoms with van der Waals surface area (Å²) in [6, 6.07) is 3.73. The van der Waals surface area contributed by atoms with E-state index in [1.165, 1.54) is 12.1 Å². The molecule has 0 radical (unpaired) electrons. The molecule has 0 unspecified atom stereocenters. The number of nitrogens with two attached hydrogens (primary N) is 1. The summed E-state index contributed by atoms with van der Waals surface area (Å²) in [5.74, 6) is 0. The Kier molecular flexibility index (Phi) is 4.18. The standard InChI is InChI=1S/C11H14F3NO/c1-2-5-16-7-8-3-4-9(15)6-10(8)11(12,13)14/h3-4,6H,2,5,7,15H2,1H3. The molecule has 1 aromatic carbocycles. The van der Waals surface area contributed by atoms with Gasteiger partial charge in [-0.1, -0.05) is 13.0 Å². The topological polar surface area (TPSA) is 35.2 Å². The van der Waals surface area contributed by atoms with Crippen LogP contribution >= 0.6 is 0 Å². The molecule has 0 aliphatic heterocycles. The van der Waals surface area contributed by atoms with Crippen LogP contribution in [-0.4, -0.2) is 6.61 Å². The fraction of sp³-hybridized carbons (Fsp3) is 0.455. The van der Waals surface area contributed by atoms with Gasteiger partial charge in [0.25, 0.3) is 0 Å². The fourth-order valence-electron chi connectivity index (χ4n) is 1.31. The van der Waals surface area contributed by atoms with Gasteiger partial charge < -0.3 is 10.5 Å². The average molecular weight is 233 g/mol. The lowest BCUT2D eigenvalue weighted by Crippen LogP contribution is -2.11. The van der Waals surface area contributed by atoms with Crippen molar-refractivity contribution in [3.8, 4) is 0 Å². The maximum atomic E-state index is 12.6. The van der Waals surface area contributed by atoms with Crippen LogP contribution < -0.4 is 5.73 Å². The molecule has 0 heterocycles. The van der Waals surface area contributed by atoms with E-state index < -0.39 is 11.7 Å². The van der Waals surface area contributed by atoms with Crippen LogP contribution in [0.2, 0.25) is 0 Å². The zero-order valence-corrected chi connectivity index (χ0v) is 8.97. The van der Waals surface area contributed by atoms with E-state index >= 15 is 0 Å². The number of hydrogen-bond donors (Lipinski definition) is 1. The summed E-state index contributed by atoms with van der Waals surface area (Å²) in [7, 11) is 0. The highest BCUT2D eigenvalue weighted by Crippen LogP contribution is 2.33. The number of ether oxygens (including phenoxy) is 1. The van der Waals surface area contributed by atoms with Gasteiger partial charge in [-0.2, -0.15) is 13.2 Å². The third kappa shape index (κ3) is 3.41. The Morgan fingerprint density at radius 2 is 2.00 bits per heavy atom. The molecule has 0 aromatic heterocycles. The quantitative estimate of drug-likeness (QED) is 0.640. The predicted octanol–water partition coefficient (Wildman–Crippen LogP) is 3.21. The molecule has 16 heavy (non-hydrogen) atoms. The molecular weight excluding hydrogens is 219 g/mol. The van der Waals surface area contributed by atoms with Gasteiger partial charge in [-0.25, -0.2) is 0 Å². The second-order valence-electron chi connectivity index (χ2n) is 3.47. The van der Waals surface area contributed by atoms with Gasteiger partial charge in [-0.05, 0) is 24.1 Å². The summed E-state index contributed by atoms with van der Waals surface area (Å²) in [5, 5.41) is 0. The SMILES string of the molecule is CCCOCc1ccc(N)cc1C(F)(F)F. The molecule has 0 bridgehead atoms. The summed E-state index contributed by atoms with van der Waals surface area (Å²) >= 11 is 0. The Morgan fingerprint density at radius 3 is 2.56 bits per heavy atom. The number of hydrogen-bond acceptors (Lipinski definition) is 2. The first-order valence-electron chi connectivity index (χ1n) is 4.98. The van der Waals surface area contributed by atoms with Crippen molar-refractivity contribution in [3.63, 3.8) is 0 Å². The average Bonchev–Trinajstić information content (AvgIpc) is 2.19. The van der Waals surface area contributed by atoms with E-state index in [2.05, 4.69) is 0 Å². The molecule has 0 amide bonds. The van der Waals surface area contributed by atoms with Crippen molar-refractivity contribution in [2.45, 2.75) is 26.1 Å².